The van der Waals surface area contributed by atoms with Gasteiger partial charge in [-0.15, -0.1) is 17.9 Å². The van der Waals surface area contributed by atoms with Crippen LogP contribution in [0, 0.1) is 0 Å². The molecule has 0 saturated heterocycles. The summed E-state index contributed by atoms with van der Waals surface area (Å²) < 4.78 is 2.63. The van der Waals surface area contributed by atoms with Crippen LogP contribution in [0.2, 0.25) is 0 Å². The van der Waals surface area contributed by atoms with Crippen molar-refractivity contribution in [3.63, 3.8) is 0 Å². The number of aryl methyl sites for hydroxylation is 1. The number of nitrogens with zero attached hydrogens (tertiary/aromatic N) is 2. The largest absolute Gasteiger partial charge is 0.295 e. The molecule has 3 rings (SSSR count). The van der Waals surface area contributed by atoms with Gasteiger partial charge in [0.05, 0.1) is 11.7 Å². The predicted molar refractivity (Wildman–Crippen MR) is 96.6 cm³/mol. The molecular formula is C17H15BrN2OS. The molecule has 0 aliphatic carbocycles. The highest BCUT2D eigenvalue weighted by Crippen LogP contribution is 2.36. The van der Waals surface area contributed by atoms with E-state index in [1.165, 1.54) is 4.88 Å². The number of allylic oxidation sites excluding steroid dienone is 1. The number of halogens is 1. The van der Waals surface area contributed by atoms with E-state index in [0.717, 1.165) is 26.9 Å². The molecule has 0 aliphatic rings. The maximum atomic E-state index is 12.8. The van der Waals surface area contributed by atoms with E-state index in [2.05, 4.69) is 34.4 Å². The molecule has 2 aromatic heterocycles. The Morgan fingerprint density at radius 2 is 2.09 bits per heavy atom. The van der Waals surface area contributed by atoms with Crippen molar-refractivity contribution in [1.82, 2.24) is 9.55 Å². The lowest BCUT2D eigenvalue weighted by molar-refractivity contribution is 0.769. The Hall–Kier alpha value is -1.72. The molecule has 0 spiro atoms. The number of rotatable bonds is 4. The van der Waals surface area contributed by atoms with Crippen LogP contribution in [0.3, 0.4) is 0 Å². The molecule has 2 heterocycles. The number of hydrogen-bond donors (Lipinski definition) is 0. The third-order valence-corrected chi connectivity index (χ3v) is 5.30. The zero-order valence-electron chi connectivity index (χ0n) is 12.2. The van der Waals surface area contributed by atoms with Crippen molar-refractivity contribution in [3.8, 4) is 11.1 Å². The van der Waals surface area contributed by atoms with Gasteiger partial charge in [-0.2, -0.15) is 0 Å². The van der Waals surface area contributed by atoms with Crippen LogP contribution in [0.4, 0.5) is 0 Å². The summed E-state index contributed by atoms with van der Waals surface area (Å²) in [5, 5.41) is 0.716. The summed E-state index contributed by atoms with van der Waals surface area (Å²) in [5.74, 6) is 0. The fourth-order valence-corrected chi connectivity index (χ4v) is 3.87. The third kappa shape index (κ3) is 2.55. The molecule has 0 saturated carbocycles. The molecule has 22 heavy (non-hydrogen) atoms. The standard InChI is InChI=1S/C17H15BrN2OS/c1-3-9-20-10-19-16-15(17(20)21)14(13(4-2)22-16)11-5-7-12(18)8-6-11/h3,5-8,10H,1,4,9H2,2H3. The smallest absolute Gasteiger partial charge is 0.263 e. The van der Waals surface area contributed by atoms with Crippen molar-refractivity contribution in [1.29, 1.82) is 0 Å². The van der Waals surface area contributed by atoms with Gasteiger partial charge >= 0.3 is 0 Å². The van der Waals surface area contributed by atoms with E-state index in [1.807, 2.05) is 24.3 Å². The zero-order valence-corrected chi connectivity index (χ0v) is 14.6. The van der Waals surface area contributed by atoms with Crippen molar-refractivity contribution >= 4 is 37.5 Å². The molecule has 0 N–H and O–H groups in total. The molecule has 0 bridgehead atoms. The Labute approximate surface area is 141 Å². The Balaban J connectivity index is 2.35. The second kappa shape index (κ2) is 6.18. The molecule has 3 nitrogen and oxygen atoms in total. The first-order valence-electron chi connectivity index (χ1n) is 7.03. The summed E-state index contributed by atoms with van der Waals surface area (Å²) in [5.41, 5.74) is 2.08. The van der Waals surface area contributed by atoms with E-state index in [9.17, 15) is 4.79 Å². The molecule has 0 atom stereocenters. The van der Waals surface area contributed by atoms with E-state index < -0.39 is 0 Å². The summed E-state index contributed by atoms with van der Waals surface area (Å²) >= 11 is 5.06. The van der Waals surface area contributed by atoms with Crippen molar-refractivity contribution < 1.29 is 0 Å². The van der Waals surface area contributed by atoms with Gasteiger partial charge in [-0.05, 0) is 24.1 Å². The van der Waals surface area contributed by atoms with Crippen LogP contribution >= 0.6 is 27.3 Å². The van der Waals surface area contributed by atoms with Crippen LogP contribution in [-0.2, 0) is 13.0 Å². The van der Waals surface area contributed by atoms with Gasteiger partial charge < -0.3 is 0 Å². The quantitative estimate of drug-likeness (QED) is 0.623. The van der Waals surface area contributed by atoms with Crippen LogP contribution in [0.15, 0.2) is 52.5 Å². The number of hydrogen-bond acceptors (Lipinski definition) is 3. The molecule has 112 valence electrons. The molecular weight excluding hydrogens is 360 g/mol. The maximum absolute atomic E-state index is 12.8. The summed E-state index contributed by atoms with van der Waals surface area (Å²) in [7, 11) is 0. The minimum absolute atomic E-state index is 0.00114. The average molecular weight is 375 g/mol. The SMILES string of the molecule is C=CCn1cnc2sc(CC)c(-c3ccc(Br)cc3)c2c1=O. The van der Waals surface area contributed by atoms with Crippen LogP contribution in [0.25, 0.3) is 21.3 Å². The number of thiophene rings is 1. The second-order valence-electron chi connectivity index (χ2n) is 4.93. The van der Waals surface area contributed by atoms with Crippen LogP contribution in [0.1, 0.15) is 11.8 Å². The molecule has 0 amide bonds. The lowest BCUT2D eigenvalue weighted by Gasteiger charge is -2.05. The van der Waals surface area contributed by atoms with Crippen molar-refractivity contribution in [2.45, 2.75) is 19.9 Å². The van der Waals surface area contributed by atoms with E-state index in [4.69, 9.17) is 0 Å². The molecule has 0 unspecified atom stereocenters. The third-order valence-electron chi connectivity index (χ3n) is 3.53. The van der Waals surface area contributed by atoms with Gasteiger partial charge in [0.2, 0.25) is 0 Å². The average Bonchev–Trinajstić information content (AvgIpc) is 2.90. The first kappa shape index (κ1) is 15.2. The highest BCUT2D eigenvalue weighted by molar-refractivity contribution is 9.10. The van der Waals surface area contributed by atoms with Crippen LogP contribution < -0.4 is 5.56 Å². The van der Waals surface area contributed by atoms with Gasteiger partial charge in [0.1, 0.15) is 4.83 Å². The molecule has 5 heteroatoms. The van der Waals surface area contributed by atoms with Gasteiger partial charge in [0.25, 0.3) is 5.56 Å². The first-order chi connectivity index (χ1) is 10.7. The zero-order chi connectivity index (χ0) is 15.7. The maximum Gasteiger partial charge on any atom is 0.263 e. The van der Waals surface area contributed by atoms with Crippen LogP contribution in [-0.4, -0.2) is 9.55 Å². The van der Waals surface area contributed by atoms with Gasteiger partial charge in [-0.1, -0.05) is 41.1 Å². The van der Waals surface area contributed by atoms with E-state index >= 15 is 0 Å². The highest BCUT2D eigenvalue weighted by atomic mass is 79.9. The first-order valence-corrected chi connectivity index (χ1v) is 8.64. The van der Waals surface area contributed by atoms with Crippen LogP contribution in [0.5, 0.6) is 0 Å². The normalized spacial score (nSPS) is 11.0. The monoisotopic (exact) mass is 374 g/mol. The number of benzene rings is 1. The molecule has 3 aromatic rings. The fourth-order valence-electron chi connectivity index (χ4n) is 2.51. The summed E-state index contributed by atoms with van der Waals surface area (Å²) in [6.07, 6.45) is 4.20. The fraction of sp³-hybridized carbons (Fsp3) is 0.176. The summed E-state index contributed by atoms with van der Waals surface area (Å²) in [4.78, 5) is 19.2. The predicted octanol–water partition coefficient (Wildman–Crippen LogP) is 4.64. The van der Waals surface area contributed by atoms with E-state index in [-0.39, 0.29) is 5.56 Å². The molecule has 0 radical (unpaired) electrons. The highest BCUT2D eigenvalue weighted by Gasteiger charge is 2.17. The van der Waals surface area contributed by atoms with Gasteiger partial charge in [-0.25, -0.2) is 4.98 Å². The lowest BCUT2D eigenvalue weighted by atomic mass is 10.0. The second-order valence-corrected chi connectivity index (χ2v) is 6.93. The Morgan fingerprint density at radius 1 is 1.36 bits per heavy atom. The summed E-state index contributed by atoms with van der Waals surface area (Å²) in [6, 6.07) is 8.07. The lowest BCUT2D eigenvalue weighted by Crippen LogP contribution is -2.19. The van der Waals surface area contributed by atoms with Crippen molar-refractivity contribution in [2.24, 2.45) is 0 Å². The van der Waals surface area contributed by atoms with Gasteiger partial charge in [0, 0.05) is 21.5 Å². The minimum Gasteiger partial charge on any atom is -0.295 e. The Morgan fingerprint density at radius 3 is 2.73 bits per heavy atom. The van der Waals surface area contributed by atoms with E-state index in [0.29, 0.717) is 11.9 Å². The van der Waals surface area contributed by atoms with Gasteiger partial charge in [0.15, 0.2) is 0 Å². The minimum atomic E-state index is -0.00114. The molecule has 0 aliphatic heterocycles. The van der Waals surface area contributed by atoms with Crippen molar-refractivity contribution in [2.75, 3.05) is 0 Å². The summed E-state index contributed by atoms with van der Waals surface area (Å²) in [6.45, 7) is 6.28. The topological polar surface area (TPSA) is 34.9 Å². The number of aromatic nitrogens is 2. The van der Waals surface area contributed by atoms with Gasteiger partial charge in [-0.3, -0.25) is 9.36 Å². The molecule has 1 aromatic carbocycles. The Kier molecular flexibility index (Phi) is 4.27. The molecule has 0 fully saturated rings. The van der Waals surface area contributed by atoms with E-state index in [1.54, 1.807) is 28.3 Å². The van der Waals surface area contributed by atoms with Crippen molar-refractivity contribution in [3.05, 3.63) is 63.0 Å². The number of fused-ring (bicyclic) bond motifs is 1. The Bertz CT molecular complexity index is 893.